The highest BCUT2D eigenvalue weighted by Gasteiger charge is 2.15. The smallest absolute Gasteiger partial charge is 0.219 e. The first-order valence-electron chi connectivity index (χ1n) is 8.92. The van der Waals surface area contributed by atoms with Crippen LogP contribution < -0.4 is 4.90 Å². The fourth-order valence-electron chi connectivity index (χ4n) is 3.19. The molecule has 5 heteroatoms. The van der Waals surface area contributed by atoms with Crippen molar-refractivity contribution < 1.29 is 5.11 Å². The van der Waals surface area contributed by atoms with E-state index < -0.39 is 0 Å². The van der Waals surface area contributed by atoms with Crippen molar-refractivity contribution in [1.29, 1.82) is 0 Å². The van der Waals surface area contributed by atoms with E-state index in [0.29, 0.717) is 17.8 Å². The Morgan fingerprint density at radius 3 is 2.33 bits per heavy atom. The minimum absolute atomic E-state index is 0.160. The van der Waals surface area contributed by atoms with E-state index in [9.17, 15) is 5.11 Å². The molecule has 0 spiro atoms. The SMILES string of the molecule is Cc1nc2c(Cc3ccccc3)nc(-c3ccc(N(C)C)cc3)cn2c1O. The normalized spacial score (nSPS) is 11.1. The molecular weight excluding hydrogens is 336 g/mol. The first-order valence-corrected chi connectivity index (χ1v) is 8.92. The van der Waals surface area contributed by atoms with Crippen LogP contribution in [0.1, 0.15) is 17.0 Å². The second-order valence-electron chi connectivity index (χ2n) is 6.89. The van der Waals surface area contributed by atoms with Crippen LogP contribution in [-0.2, 0) is 6.42 Å². The van der Waals surface area contributed by atoms with Gasteiger partial charge in [0, 0.05) is 38.0 Å². The number of aromatic hydroxyl groups is 1. The zero-order chi connectivity index (χ0) is 19.0. The second-order valence-corrected chi connectivity index (χ2v) is 6.89. The minimum atomic E-state index is 0.160. The molecule has 0 amide bonds. The molecule has 0 atom stereocenters. The summed E-state index contributed by atoms with van der Waals surface area (Å²) in [6, 6.07) is 18.4. The van der Waals surface area contributed by atoms with Crippen LogP contribution in [-0.4, -0.2) is 33.6 Å². The fraction of sp³-hybridized carbons (Fsp3) is 0.182. The van der Waals surface area contributed by atoms with Gasteiger partial charge < -0.3 is 10.0 Å². The number of hydrogen-bond donors (Lipinski definition) is 1. The number of benzene rings is 2. The van der Waals surface area contributed by atoms with Crippen LogP contribution in [0, 0.1) is 6.92 Å². The summed E-state index contributed by atoms with van der Waals surface area (Å²) in [5, 5.41) is 10.4. The van der Waals surface area contributed by atoms with Gasteiger partial charge in [-0.25, -0.2) is 9.97 Å². The number of aryl methyl sites for hydroxylation is 1. The maximum Gasteiger partial charge on any atom is 0.219 e. The van der Waals surface area contributed by atoms with Crippen LogP contribution in [0.4, 0.5) is 5.69 Å². The van der Waals surface area contributed by atoms with Crippen molar-refractivity contribution >= 4 is 11.3 Å². The predicted octanol–water partition coefficient (Wildman–Crippen LogP) is 4.07. The highest BCUT2D eigenvalue weighted by atomic mass is 16.3. The van der Waals surface area contributed by atoms with Crippen molar-refractivity contribution in [3.05, 3.63) is 77.7 Å². The Hall–Kier alpha value is -3.34. The molecule has 0 saturated heterocycles. The van der Waals surface area contributed by atoms with Crippen LogP contribution in [0.5, 0.6) is 5.88 Å². The van der Waals surface area contributed by atoms with Gasteiger partial charge >= 0.3 is 0 Å². The van der Waals surface area contributed by atoms with E-state index >= 15 is 0 Å². The van der Waals surface area contributed by atoms with E-state index in [1.54, 1.807) is 11.3 Å². The zero-order valence-electron chi connectivity index (χ0n) is 15.7. The number of rotatable bonds is 4. The average Bonchev–Trinajstić information content (AvgIpc) is 2.97. The van der Waals surface area contributed by atoms with Gasteiger partial charge in [0.25, 0.3) is 0 Å². The van der Waals surface area contributed by atoms with Gasteiger partial charge in [-0.15, -0.1) is 0 Å². The molecule has 0 aliphatic heterocycles. The van der Waals surface area contributed by atoms with Gasteiger partial charge in [0.1, 0.15) is 5.69 Å². The van der Waals surface area contributed by atoms with E-state index in [4.69, 9.17) is 4.98 Å². The monoisotopic (exact) mass is 358 g/mol. The van der Waals surface area contributed by atoms with E-state index in [1.807, 2.05) is 38.5 Å². The number of nitrogens with zero attached hydrogens (tertiary/aromatic N) is 4. The largest absolute Gasteiger partial charge is 0.493 e. The molecule has 4 rings (SSSR count). The van der Waals surface area contributed by atoms with E-state index in [-0.39, 0.29) is 5.88 Å². The Bertz CT molecular complexity index is 1080. The molecule has 0 aliphatic carbocycles. The Balaban J connectivity index is 1.85. The lowest BCUT2D eigenvalue weighted by Gasteiger charge is -2.13. The molecule has 136 valence electrons. The molecule has 0 fully saturated rings. The Morgan fingerprint density at radius 1 is 0.963 bits per heavy atom. The summed E-state index contributed by atoms with van der Waals surface area (Å²) in [5.74, 6) is 0.160. The van der Waals surface area contributed by atoms with Gasteiger partial charge in [0.15, 0.2) is 5.65 Å². The summed E-state index contributed by atoms with van der Waals surface area (Å²) in [4.78, 5) is 11.5. The zero-order valence-corrected chi connectivity index (χ0v) is 15.7. The molecule has 0 radical (unpaired) electrons. The average molecular weight is 358 g/mol. The molecular formula is C22H22N4O. The molecule has 2 aromatic heterocycles. The quantitative estimate of drug-likeness (QED) is 0.597. The summed E-state index contributed by atoms with van der Waals surface area (Å²) < 4.78 is 1.73. The number of imidazole rings is 1. The van der Waals surface area contributed by atoms with Crippen molar-refractivity contribution in [2.24, 2.45) is 0 Å². The van der Waals surface area contributed by atoms with Gasteiger partial charge in [-0.2, -0.15) is 0 Å². The van der Waals surface area contributed by atoms with E-state index in [0.717, 1.165) is 28.2 Å². The lowest BCUT2D eigenvalue weighted by Crippen LogP contribution is -2.08. The predicted molar refractivity (Wildman–Crippen MR) is 108 cm³/mol. The highest BCUT2D eigenvalue weighted by Crippen LogP contribution is 2.27. The third kappa shape index (κ3) is 3.24. The second kappa shape index (κ2) is 6.76. The maximum absolute atomic E-state index is 10.4. The standard InChI is InChI=1S/C22H22N4O/c1-15-22(27)26-14-20(17-9-11-18(12-10-17)25(2)3)24-19(21(26)23-15)13-16-7-5-4-6-8-16/h4-12,14,27H,13H2,1-3H3. The Labute approximate surface area is 158 Å². The molecule has 5 nitrogen and oxygen atoms in total. The third-order valence-corrected chi connectivity index (χ3v) is 4.71. The summed E-state index contributed by atoms with van der Waals surface area (Å²) >= 11 is 0. The Kier molecular flexibility index (Phi) is 4.28. The molecule has 0 saturated carbocycles. The third-order valence-electron chi connectivity index (χ3n) is 4.71. The minimum Gasteiger partial charge on any atom is -0.493 e. The van der Waals surface area contributed by atoms with Gasteiger partial charge in [-0.3, -0.25) is 4.40 Å². The van der Waals surface area contributed by atoms with Gasteiger partial charge in [0.2, 0.25) is 5.88 Å². The van der Waals surface area contributed by atoms with Crippen molar-refractivity contribution in [2.45, 2.75) is 13.3 Å². The molecule has 0 aliphatic rings. The summed E-state index contributed by atoms with van der Waals surface area (Å²) in [7, 11) is 4.03. The van der Waals surface area contributed by atoms with Crippen molar-refractivity contribution in [1.82, 2.24) is 14.4 Å². The summed E-state index contributed by atoms with van der Waals surface area (Å²) in [6.45, 7) is 1.81. The summed E-state index contributed by atoms with van der Waals surface area (Å²) in [6.07, 6.45) is 2.51. The number of hydrogen-bond acceptors (Lipinski definition) is 4. The van der Waals surface area contributed by atoms with Gasteiger partial charge in [0.05, 0.1) is 11.4 Å². The van der Waals surface area contributed by atoms with Crippen molar-refractivity contribution in [3.8, 4) is 17.1 Å². The molecule has 1 N–H and O–H groups in total. The fourth-order valence-corrected chi connectivity index (χ4v) is 3.19. The first-order chi connectivity index (χ1) is 13.0. The lowest BCUT2D eigenvalue weighted by molar-refractivity contribution is 0.444. The van der Waals surface area contributed by atoms with E-state index in [2.05, 4.69) is 46.3 Å². The molecule has 0 bridgehead atoms. The topological polar surface area (TPSA) is 53.7 Å². The van der Waals surface area contributed by atoms with Crippen molar-refractivity contribution in [2.75, 3.05) is 19.0 Å². The van der Waals surface area contributed by atoms with Crippen LogP contribution >= 0.6 is 0 Å². The molecule has 2 heterocycles. The number of fused-ring (bicyclic) bond motifs is 1. The van der Waals surface area contributed by atoms with Crippen LogP contribution in [0.3, 0.4) is 0 Å². The number of aromatic nitrogens is 3. The lowest BCUT2D eigenvalue weighted by atomic mass is 10.1. The molecule has 27 heavy (non-hydrogen) atoms. The van der Waals surface area contributed by atoms with Crippen LogP contribution in [0.25, 0.3) is 16.9 Å². The molecule has 4 aromatic rings. The highest BCUT2D eigenvalue weighted by molar-refractivity contribution is 5.65. The van der Waals surface area contributed by atoms with Gasteiger partial charge in [-0.05, 0) is 24.6 Å². The van der Waals surface area contributed by atoms with Crippen molar-refractivity contribution in [3.63, 3.8) is 0 Å². The molecule has 2 aromatic carbocycles. The first kappa shape index (κ1) is 17.1. The van der Waals surface area contributed by atoms with Crippen LogP contribution in [0.2, 0.25) is 0 Å². The van der Waals surface area contributed by atoms with Crippen LogP contribution in [0.15, 0.2) is 60.8 Å². The number of anilines is 1. The summed E-state index contributed by atoms with van der Waals surface area (Å²) in [5.41, 5.74) is 6.25. The Morgan fingerprint density at radius 2 is 1.67 bits per heavy atom. The maximum atomic E-state index is 10.4. The molecule has 0 unspecified atom stereocenters. The van der Waals surface area contributed by atoms with Gasteiger partial charge in [-0.1, -0.05) is 42.5 Å². The van der Waals surface area contributed by atoms with E-state index in [1.165, 1.54) is 0 Å².